The Morgan fingerprint density at radius 3 is 2.65 bits per heavy atom. The van der Waals surface area contributed by atoms with Crippen molar-refractivity contribution in [3.63, 3.8) is 0 Å². The number of benzene rings is 1. The molecule has 0 spiro atoms. The summed E-state index contributed by atoms with van der Waals surface area (Å²) in [6.45, 7) is 0.702. The van der Waals surface area contributed by atoms with Crippen LogP contribution in [-0.4, -0.2) is 39.0 Å². The number of hydrogen-bond donors (Lipinski definition) is 0. The zero-order valence-corrected chi connectivity index (χ0v) is 13.5. The fourth-order valence-electron chi connectivity index (χ4n) is 2.00. The van der Waals surface area contributed by atoms with Crippen molar-refractivity contribution in [1.82, 2.24) is 4.31 Å². The first kappa shape index (κ1) is 16.0. The van der Waals surface area contributed by atoms with Gasteiger partial charge in [0.2, 0.25) is 10.0 Å². The molecule has 0 aromatic heterocycles. The largest absolute Gasteiger partial charge is 0.383 e. The van der Waals surface area contributed by atoms with Crippen LogP contribution >= 0.6 is 23.2 Å². The highest BCUT2D eigenvalue weighted by Crippen LogP contribution is 2.34. The fourth-order valence-corrected chi connectivity index (χ4v) is 4.36. The maximum Gasteiger partial charge on any atom is 0.244 e. The molecule has 0 N–H and O–H groups in total. The molecule has 0 saturated heterocycles. The van der Waals surface area contributed by atoms with Crippen LogP contribution in [0, 0.1) is 0 Å². The molecule has 1 saturated carbocycles. The lowest BCUT2D eigenvalue weighted by Crippen LogP contribution is -2.36. The molecule has 1 aromatic rings. The predicted molar refractivity (Wildman–Crippen MR) is 79.8 cm³/mol. The van der Waals surface area contributed by atoms with Gasteiger partial charge < -0.3 is 4.74 Å². The van der Waals surface area contributed by atoms with E-state index in [9.17, 15) is 8.42 Å². The van der Waals surface area contributed by atoms with Crippen LogP contribution in [0.4, 0.5) is 0 Å². The number of halogens is 2. The Morgan fingerprint density at radius 2 is 2.10 bits per heavy atom. The van der Waals surface area contributed by atoms with Gasteiger partial charge in [0.1, 0.15) is 4.90 Å². The molecule has 0 bridgehead atoms. The number of ether oxygens (including phenoxy) is 1. The molecular weight excluding hydrogens is 321 g/mol. The van der Waals surface area contributed by atoms with E-state index in [0.29, 0.717) is 13.2 Å². The van der Waals surface area contributed by atoms with Crippen LogP contribution in [0.25, 0.3) is 0 Å². The van der Waals surface area contributed by atoms with Gasteiger partial charge in [0.05, 0.1) is 11.6 Å². The minimum Gasteiger partial charge on any atom is -0.383 e. The number of hydrogen-bond acceptors (Lipinski definition) is 3. The van der Waals surface area contributed by atoms with E-state index < -0.39 is 10.0 Å². The summed E-state index contributed by atoms with van der Waals surface area (Å²) < 4.78 is 32.0. The third kappa shape index (κ3) is 3.46. The third-order valence-corrected chi connectivity index (χ3v) is 5.95. The Morgan fingerprint density at radius 1 is 1.40 bits per heavy atom. The second-order valence-corrected chi connectivity index (χ2v) is 7.27. The summed E-state index contributed by atoms with van der Waals surface area (Å²) in [6, 6.07) is 4.91. The van der Waals surface area contributed by atoms with Crippen LogP contribution in [-0.2, 0) is 20.6 Å². The van der Waals surface area contributed by atoms with E-state index in [-0.39, 0.29) is 21.8 Å². The van der Waals surface area contributed by atoms with Crippen molar-refractivity contribution in [2.75, 3.05) is 20.3 Å². The lowest BCUT2D eigenvalue weighted by atomic mass is 10.2. The van der Waals surface area contributed by atoms with E-state index in [1.807, 2.05) is 0 Å². The van der Waals surface area contributed by atoms with E-state index in [4.69, 9.17) is 27.9 Å². The molecule has 0 radical (unpaired) electrons. The van der Waals surface area contributed by atoms with E-state index in [0.717, 1.165) is 18.4 Å². The van der Waals surface area contributed by atoms with Gasteiger partial charge in [-0.25, -0.2) is 8.42 Å². The van der Waals surface area contributed by atoms with Crippen LogP contribution in [0.5, 0.6) is 0 Å². The van der Waals surface area contributed by atoms with Gasteiger partial charge in [-0.3, -0.25) is 0 Å². The van der Waals surface area contributed by atoms with Gasteiger partial charge >= 0.3 is 0 Å². The van der Waals surface area contributed by atoms with Gasteiger partial charge in [-0.1, -0.05) is 17.7 Å². The number of rotatable bonds is 7. The highest BCUT2D eigenvalue weighted by atomic mass is 35.5. The van der Waals surface area contributed by atoms with Gasteiger partial charge in [0.15, 0.2) is 0 Å². The lowest BCUT2D eigenvalue weighted by molar-refractivity contribution is 0.177. The Bertz CT molecular complexity index is 573. The first-order chi connectivity index (χ1) is 9.50. The van der Waals surface area contributed by atoms with Gasteiger partial charge in [0.25, 0.3) is 0 Å². The van der Waals surface area contributed by atoms with Crippen molar-refractivity contribution < 1.29 is 13.2 Å². The average Bonchev–Trinajstić information content (AvgIpc) is 3.24. The topological polar surface area (TPSA) is 46.6 Å². The predicted octanol–water partition coefficient (Wildman–Crippen LogP) is 2.88. The molecule has 0 unspecified atom stereocenters. The van der Waals surface area contributed by atoms with E-state index >= 15 is 0 Å². The SMILES string of the molecule is COCCN(C1CC1)S(=O)(=O)c1cc(CCl)ccc1Cl. The minimum atomic E-state index is -3.61. The minimum absolute atomic E-state index is 0.0610. The van der Waals surface area contributed by atoms with Gasteiger partial charge in [-0.15, -0.1) is 11.6 Å². The summed E-state index contributed by atoms with van der Waals surface area (Å²) in [4.78, 5) is 0.125. The van der Waals surface area contributed by atoms with E-state index in [1.54, 1.807) is 25.3 Å². The first-order valence-corrected chi connectivity index (χ1v) is 8.71. The van der Waals surface area contributed by atoms with Crippen molar-refractivity contribution in [3.8, 4) is 0 Å². The van der Waals surface area contributed by atoms with Crippen LogP contribution in [0.2, 0.25) is 5.02 Å². The molecule has 0 aliphatic heterocycles. The summed E-state index contributed by atoms with van der Waals surface area (Å²) in [7, 11) is -2.06. The van der Waals surface area contributed by atoms with Crippen molar-refractivity contribution in [2.45, 2.75) is 29.7 Å². The van der Waals surface area contributed by atoms with Crippen LogP contribution in [0.15, 0.2) is 23.1 Å². The van der Waals surface area contributed by atoms with Gasteiger partial charge in [-0.2, -0.15) is 4.31 Å². The van der Waals surface area contributed by atoms with Crippen LogP contribution in [0.3, 0.4) is 0 Å². The summed E-state index contributed by atoms with van der Waals surface area (Å²) in [5.41, 5.74) is 0.733. The molecule has 0 atom stereocenters. The molecule has 1 aliphatic rings. The third-order valence-electron chi connectivity index (χ3n) is 3.21. The van der Waals surface area contributed by atoms with E-state index in [1.165, 1.54) is 4.31 Å². The highest BCUT2D eigenvalue weighted by molar-refractivity contribution is 7.89. The highest BCUT2D eigenvalue weighted by Gasteiger charge is 2.38. The first-order valence-electron chi connectivity index (χ1n) is 6.36. The zero-order chi connectivity index (χ0) is 14.8. The summed E-state index contributed by atoms with van der Waals surface area (Å²) >= 11 is 11.8. The maximum absolute atomic E-state index is 12.8. The number of methoxy groups -OCH3 is 1. The standard InChI is InChI=1S/C13H17Cl2NO3S/c1-19-7-6-16(11-3-4-11)20(17,18)13-8-10(9-14)2-5-12(13)15/h2,5,8,11H,3-4,6-7,9H2,1H3. The zero-order valence-electron chi connectivity index (χ0n) is 11.2. The van der Waals surface area contributed by atoms with Gasteiger partial charge in [-0.05, 0) is 30.5 Å². The molecule has 112 valence electrons. The second-order valence-electron chi connectivity index (χ2n) is 4.74. The molecule has 20 heavy (non-hydrogen) atoms. The number of sulfonamides is 1. The Hall–Kier alpha value is -0.330. The quantitative estimate of drug-likeness (QED) is 0.718. The summed E-state index contributed by atoms with van der Waals surface area (Å²) in [6.07, 6.45) is 1.77. The Labute approximate surface area is 129 Å². The van der Waals surface area contributed by atoms with Crippen molar-refractivity contribution in [1.29, 1.82) is 0 Å². The van der Waals surface area contributed by atoms with Crippen molar-refractivity contribution >= 4 is 33.2 Å². The smallest absolute Gasteiger partial charge is 0.244 e. The molecule has 0 amide bonds. The molecule has 7 heteroatoms. The molecule has 1 fully saturated rings. The van der Waals surface area contributed by atoms with E-state index in [2.05, 4.69) is 0 Å². The van der Waals surface area contributed by atoms with Gasteiger partial charge in [0, 0.05) is 25.6 Å². The Kier molecular flexibility index (Phi) is 5.31. The fraction of sp³-hybridized carbons (Fsp3) is 0.538. The second kappa shape index (κ2) is 6.62. The molecule has 1 aromatic carbocycles. The normalized spacial score (nSPS) is 15.8. The molecule has 0 heterocycles. The molecule has 1 aliphatic carbocycles. The molecule has 2 rings (SSSR count). The summed E-state index contributed by atoms with van der Waals surface area (Å²) in [5.74, 6) is 0.251. The maximum atomic E-state index is 12.8. The average molecular weight is 338 g/mol. The number of alkyl halides is 1. The van der Waals surface area contributed by atoms with Crippen molar-refractivity contribution in [2.24, 2.45) is 0 Å². The number of nitrogens with zero attached hydrogens (tertiary/aromatic N) is 1. The summed E-state index contributed by atoms with van der Waals surface area (Å²) in [5, 5.41) is 0.224. The van der Waals surface area contributed by atoms with Crippen LogP contribution < -0.4 is 0 Å². The molecule has 4 nitrogen and oxygen atoms in total. The van der Waals surface area contributed by atoms with Crippen LogP contribution in [0.1, 0.15) is 18.4 Å². The Balaban J connectivity index is 2.36. The van der Waals surface area contributed by atoms with Crippen molar-refractivity contribution in [3.05, 3.63) is 28.8 Å². The molecular formula is C13H17Cl2NO3S. The lowest BCUT2D eigenvalue weighted by Gasteiger charge is -2.22. The monoisotopic (exact) mass is 337 g/mol.